The van der Waals surface area contributed by atoms with Gasteiger partial charge in [-0.2, -0.15) is 0 Å². The number of rotatable bonds is 6. The number of nitrogens with one attached hydrogen (secondary N) is 1. The summed E-state index contributed by atoms with van der Waals surface area (Å²) in [4.78, 5) is 27.2. The number of carbonyl (C=O) groups is 2. The van der Waals surface area contributed by atoms with Gasteiger partial charge in [0.2, 0.25) is 0 Å². The van der Waals surface area contributed by atoms with Crippen molar-refractivity contribution in [2.24, 2.45) is 0 Å². The maximum absolute atomic E-state index is 13.0. The van der Waals surface area contributed by atoms with Gasteiger partial charge >= 0.3 is 0 Å². The van der Waals surface area contributed by atoms with Gasteiger partial charge in [-0.1, -0.05) is 24.3 Å². The summed E-state index contributed by atoms with van der Waals surface area (Å²) in [5.41, 5.74) is 3.23. The van der Waals surface area contributed by atoms with Gasteiger partial charge in [0.15, 0.2) is 6.61 Å². The van der Waals surface area contributed by atoms with Crippen molar-refractivity contribution in [3.05, 3.63) is 83.9 Å². The van der Waals surface area contributed by atoms with Crippen LogP contribution in [0.2, 0.25) is 0 Å². The summed E-state index contributed by atoms with van der Waals surface area (Å²) in [7, 11) is 1.59. The molecule has 0 unspecified atom stereocenters. The topological polar surface area (TPSA) is 67.9 Å². The third kappa shape index (κ3) is 4.86. The fourth-order valence-corrected chi connectivity index (χ4v) is 3.62. The molecule has 0 saturated carbocycles. The third-order valence-corrected chi connectivity index (χ3v) is 5.18. The molecule has 1 heterocycles. The first-order valence-electron chi connectivity index (χ1n) is 10.2. The Morgan fingerprint density at radius 3 is 2.45 bits per heavy atom. The average molecular weight is 416 g/mol. The van der Waals surface area contributed by atoms with E-state index in [4.69, 9.17) is 9.47 Å². The van der Waals surface area contributed by atoms with Gasteiger partial charge in [0, 0.05) is 23.5 Å². The molecule has 2 amide bonds. The standard InChI is InChI=1S/C25H24N2O4/c1-30-21-11-13-22(14-12-21)31-17-24(28)26-20-10-9-18-8-5-15-27(23(18)16-20)25(29)19-6-3-2-4-7-19/h2-4,6-7,9-14,16H,5,8,15,17H2,1H3,(H,26,28). The van der Waals surface area contributed by atoms with E-state index in [0.717, 1.165) is 29.8 Å². The third-order valence-electron chi connectivity index (χ3n) is 5.18. The lowest BCUT2D eigenvalue weighted by Crippen LogP contribution is -2.35. The summed E-state index contributed by atoms with van der Waals surface area (Å²) in [5.74, 6) is 1.00. The van der Waals surface area contributed by atoms with Crippen LogP contribution in [0, 0.1) is 0 Å². The number of anilines is 2. The summed E-state index contributed by atoms with van der Waals surface area (Å²) in [6, 6.07) is 22.0. The Morgan fingerprint density at radius 2 is 1.71 bits per heavy atom. The average Bonchev–Trinajstić information content (AvgIpc) is 2.83. The van der Waals surface area contributed by atoms with E-state index in [0.29, 0.717) is 23.5 Å². The minimum absolute atomic E-state index is 0.0344. The lowest BCUT2D eigenvalue weighted by Gasteiger charge is -2.30. The molecule has 0 aliphatic carbocycles. The molecule has 31 heavy (non-hydrogen) atoms. The fraction of sp³-hybridized carbons (Fsp3) is 0.200. The Morgan fingerprint density at radius 1 is 0.968 bits per heavy atom. The van der Waals surface area contributed by atoms with Crippen LogP contribution in [-0.4, -0.2) is 32.1 Å². The van der Waals surface area contributed by atoms with Crippen molar-refractivity contribution in [2.45, 2.75) is 12.8 Å². The Bertz CT molecular complexity index is 1060. The highest BCUT2D eigenvalue weighted by Crippen LogP contribution is 2.31. The number of nitrogens with zero attached hydrogens (tertiary/aromatic N) is 1. The summed E-state index contributed by atoms with van der Waals surface area (Å²) >= 11 is 0. The van der Waals surface area contributed by atoms with Crippen LogP contribution in [0.5, 0.6) is 11.5 Å². The van der Waals surface area contributed by atoms with Crippen molar-refractivity contribution < 1.29 is 19.1 Å². The van der Waals surface area contributed by atoms with E-state index in [-0.39, 0.29) is 18.4 Å². The second-order valence-corrected chi connectivity index (χ2v) is 7.28. The molecular formula is C25H24N2O4. The molecule has 0 aromatic heterocycles. The summed E-state index contributed by atoms with van der Waals surface area (Å²) < 4.78 is 10.6. The molecule has 4 rings (SSSR count). The second-order valence-electron chi connectivity index (χ2n) is 7.28. The molecular weight excluding hydrogens is 392 g/mol. The van der Waals surface area contributed by atoms with Crippen LogP contribution < -0.4 is 19.7 Å². The van der Waals surface area contributed by atoms with Crippen LogP contribution in [0.25, 0.3) is 0 Å². The number of hydrogen-bond acceptors (Lipinski definition) is 4. The monoisotopic (exact) mass is 416 g/mol. The zero-order chi connectivity index (χ0) is 21.6. The quantitative estimate of drug-likeness (QED) is 0.650. The smallest absolute Gasteiger partial charge is 0.262 e. The second kappa shape index (κ2) is 9.34. The molecule has 3 aromatic carbocycles. The lowest BCUT2D eigenvalue weighted by atomic mass is 10.00. The highest BCUT2D eigenvalue weighted by atomic mass is 16.5. The zero-order valence-electron chi connectivity index (χ0n) is 17.3. The van der Waals surface area contributed by atoms with Crippen LogP contribution in [0.15, 0.2) is 72.8 Å². The van der Waals surface area contributed by atoms with Crippen LogP contribution >= 0.6 is 0 Å². The minimum Gasteiger partial charge on any atom is -0.497 e. The van der Waals surface area contributed by atoms with E-state index in [1.165, 1.54) is 0 Å². The highest BCUT2D eigenvalue weighted by Gasteiger charge is 2.24. The van der Waals surface area contributed by atoms with Crippen LogP contribution in [-0.2, 0) is 11.2 Å². The number of carbonyl (C=O) groups excluding carboxylic acids is 2. The van der Waals surface area contributed by atoms with Gasteiger partial charge in [-0.25, -0.2) is 0 Å². The van der Waals surface area contributed by atoms with E-state index in [1.807, 2.05) is 48.5 Å². The maximum Gasteiger partial charge on any atom is 0.262 e. The number of ether oxygens (including phenoxy) is 2. The molecule has 1 aliphatic heterocycles. The van der Waals surface area contributed by atoms with Crippen molar-refractivity contribution in [3.8, 4) is 11.5 Å². The van der Waals surface area contributed by atoms with Gasteiger partial charge in [-0.15, -0.1) is 0 Å². The number of amides is 2. The summed E-state index contributed by atoms with van der Waals surface area (Å²) in [5, 5.41) is 2.86. The Hall–Kier alpha value is -3.80. The van der Waals surface area contributed by atoms with Gasteiger partial charge < -0.3 is 19.7 Å². The van der Waals surface area contributed by atoms with Gasteiger partial charge in [0.1, 0.15) is 11.5 Å². The highest BCUT2D eigenvalue weighted by molar-refractivity contribution is 6.07. The van der Waals surface area contributed by atoms with Crippen molar-refractivity contribution >= 4 is 23.2 Å². The molecule has 0 radical (unpaired) electrons. The molecule has 6 heteroatoms. The van der Waals surface area contributed by atoms with E-state index in [9.17, 15) is 9.59 Å². The normalized spacial score (nSPS) is 12.6. The Labute approximate surface area is 181 Å². The molecule has 0 fully saturated rings. The molecule has 158 valence electrons. The number of methoxy groups -OCH3 is 1. The number of benzene rings is 3. The lowest BCUT2D eigenvalue weighted by molar-refractivity contribution is -0.118. The van der Waals surface area contributed by atoms with Crippen molar-refractivity contribution in [2.75, 3.05) is 30.5 Å². The molecule has 3 aromatic rings. The van der Waals surface area contributed by atoms with Crippen LogP contribution in [0.1, 0.15) is 22.3 Å². The Balaban J connectivity index is 1.44. The minimum atomic E-state index is -0.271. The van der Waals surface area contributed by atoms with Crippen LogP contribution in [0.3, 0.4) is 0 Å². The summed E-state index contributed by atoms with van der Waals surface area (Å²) in [6.45, 7) is 0.536. The van der Waals surface area contributed by atoms with E-state index in [1.54, 1.807) is 36.3 Å². The summed E-state index contributed by atoms with van der Waals surface area (Å²) in [6.07, 6.45) is 1.82. The fourth-order valence-electron chi connectivity index (χ4n) is 3.62. The molecule has 6 nitrogen and oxygen atoms in total. The van der Waals surface area contributed by atoms with Crippen molar-refractivity contribution in [1.29, 1.82) is 0 Å². The first-order valence-corrected chi connectivity index (χ1v) is 10.2. The molecule has 0 spiro atoms. The number of aryl methyl sites for hydroxylation is 1. The first-order chi connectivity index (χ1) is 15.1. The van der Waals surface area contributed by atoms with Crippen molar-refractivity contribution in [3.63, 3.8) is 0 Å². The van der Waals surface area contributed by atoms with Gasteiger partial charge in [-0.05, 0) is 66.9 Å². The van der Waals surface area contributed by atoms with Gasteiger partial charge in [0.25, 0.3) is 11.8 Å². The number of hydrogen-bond donors (Lipinski definition) is 1. The maximum atomic E-state index is 13.0. The van der Waals surface area contributed by atoms with Crippen LogP contribution in [0.4, 0.5) is 11.4 Å². The van der Waals surface area contributed by atoms with E-state index < -0.39 is 0 Å². The SMILES string of the molecule is COc1ccc(OCC(=O)Nc2ccc3c(c2)N(C(=O)c2ccccc2)CCC3)cc1. The van der Waals surface area contributed by atoms with Crippen molar-refractivity contribution in [1.82, 2.24) is 0 Å². The first kappa shape index (κ1) is 20.5. The number of fused-ring (bicyclic) bond motifs is 1. The largest absolute Gasteiger partial charge is 0.497 e. The molecule has 0 bridgehead atoms. The van der Waals surface area contributed by atoms with E-state index in [2.05, 4.69) is 5.32 Å². The Kier molecular flexibility index (Phi) is 6.17. The predicted molar refractivity (Wildman–Crippen MR) is 120 cm³/mol. The molecule has 1 N–H and O–H groups in total. The van der Waals surface area contributed by atoms with Gasteiger partial charge in [0.05, 0.1) is 7.11 Å². The zero-order valence-corrected chi connectivity index (χ0v) is 17.3. The van der Waals surface area contributed by atoms with E-state index >= 15 is 0 Å². The molecule has 0 saturated heterocycles. The molecule has 0 atom stereocenters. The molecule has 1 aliphatic rings. The predicted octanol–water partition coefficient (Wildman–Crippen LogP) is 4.31. The van der Waals surface area contributed by atoms with Gasteiger partial charge in [-0.3, -0.25) is 9.59 Å².